The van der Waals surface area contributed by atoms with E-state index in [1.807, 2.05) is 31.2 Å². The predicted molar refractivity (Wildman–Crippen MR) is 104 cm³/mol. The molecular weight excluding hydrogens is 388 g/mol. The number of halogens is 1. The summed E-state index contributed by atoms with van der Waals surface area (Å²) in [6, 6.07) is 7.47. The standard InChI is InChI=1S/C18H21ClN4O3S/c1-11(10-26-2)23-9-13(8-16(23)24)17(25)20-18-22-21-15(27-18)7-12-3-5-14(19)6-4-12/h3-6,11,13H,7-10H2,1-2H3,(H,20,22,25)/t11-,13+/m1/s1. The minimum atomic E-state index is -0.388. The molecule has 2 heterocycles. The lowest BCUT2D eigenvalue weighted by Gasteiger charge is -2.23. The molecule has 0 bridgehead atoms. The summed E-state index contributed by atoms with van der Waals surface area (Å²) in [5.41, 5.74) is 1.07. The summed E-state index contributed by atoms with van der Waals surface area (Å²) in [4.78, 5) is 26.3. The molecule has 1 aliphatic heterocycles. The number of hydrogen-bond donors (Lipinski definition) is 1. The minimum Gasteiger partial charge on any atom is -0.383 e. The molecule has 1 aromatic heterocycles. The van der Waals surface area contributed by atoms with Crippen LogP contribution >= 0.6 is 22.9 Å². The molecule has 1 saturated heterocycles. The van der Waals surface area contributed by atoms with E-state index < -0.39 is 0 Å². The molecule has 1 fully saturated rings. The number of aromatic nitrogens is 2. The van der Waals surface area contributed by atoms with Crippen LogP contribution in [-0.4, -0.2) is 53.2 Å². The largest absolute Gasteiger partial charge is 0.383 e. The summed E-state index contributed by atoms with van der Waals surface area (Å²) in [6.45, 7) is 2.76. The summed E-state index contributed by atoms with van der Waals surface area (Å²) < 4.78 is 5.10. The summed E-state index contributed by atoms with van der Waals surface area (Å²) in [7, 11) is 1.60. The third-order valence-electron chi connectivity index (χ3n) is 4.43. The molecular formula is C18H21ClN4O3S. The lowest BCUT2D eigenvalue weighted by molar-refractivity contribution is -0.130. The topological polar surface area (TPSA) is 84.4 Å². The van der Waals surface area contributed by atoms with E-state index in [1.165, 1.54) is 11.3 Å². The second kappa shape index (κ2) is 8.77. The maximum atomic E-state index is 12.5. The van der Waals surface area contributed by atoms with Gasteiger partial charge in [-0.25, -0.2) is 0 Å². The number of rotatable bonds is 7. The van der Waals surface area contributed by atoms with E-state index in [2.05, 4.69) is 15.5 Å². The highest BCUT2D eigenvalue weighted by Gasteiger charge is 2.36. The summed E-state index contributed by atoms with van der Waals surface area (Å²) >= 11 is 7.22. The monoisotopic (exact) mass is 408 g/mol. The first kappa shape index (κ1) is 19.7. The molecule has 7 nitrogen and oxygen atoms in total. The Morgan fingerprint density at radius 1 is 1.41 bits per heavy atom. The number of nitrogens with one attached hydrogen (secondary N) is 1. The van der Waals surface area contributed by atoms with E-state index in [0.29, 0.717) is 29.7 Å². The van der Waals surface area contributed by atoms with Crippen LogP contribution in [0.4, 0.5) is 5.13 Å². The SMILES string of the molecule is COC[C@@H](C)N1C[C@@H](C(=O)Nc2nnc(Cc3ccc(Cl)cc3)s2)CC1=O. The van der Waals surface area contributed by atoms with Gasteiger partial charge in [0.25, 0.3) is 0 Å². The van der Waals surface area contributed by atoms with Crippen LogP contribution < -0.4 is 5.32 Å². The lowest BCUT2D eigenvalue weighted by Crippen LogP contribution is -2.38. The lowest BCUT2D eigenvalue weighted by atomic mass is 10.1. The Bertz CT molecular complexity index is 811. The zero-order chi connectivity index (χ0) is 19.4. The zero-order valence-electron chi connectivity index (χ0n) is 15.1. The number of methoxy groups -OCH3 is 1. The van der Waals surface area contributed by atoms with Gasteiger partial charge < -0.3 is 15.0 Å². The van der Waals surface area contributed by atoms with Crippen molar-refractivity contribution < 1.29 is 14.3 Å². The average molecular weight is 409 g/mol. The Hall–Kier alpha value is -2.03. The van der Waals surface area contributed by atoms with Crippen LogP contribution in [0.1, 0.15) is 23.9 Å². The second-order valence-electron chi connectivity index (χ2n) is 6.54. The number of anilines is 1. The van der Waals surface area contributed by atoms with Crippen LogP contribution in [0.2, 0.25) is 5.02 Å². The first-order valence-electron chi connectivity index (χ1n) is 8.62. The van der Waals surface area contributed by atoms with Crippen molar-refractivity contribution in [3.05, 3.63) is 39.9 Å². The van der Waals surface area contributed by atoms with Crippen molar-refractivity contribution in [3.63, 3.8) is 0 Å². The number of hydrogen-bond acceptors (Lipinski definition) is 6. The van der Waals surface area contributed by atoms with Crippen molar-refractivity contribution in [1.82, 2.24) is 15.1 Å². The van der Waals surface area contributed by atoms with Crippen LogP contribution in [0.25, 0.3) is 0 Å². The first-order chi connectivity index (χ1) is 13.0. The number of amides is 2. The maximum Gasteiger partial charge on any atom is 0.231 e. The van der Waals surface area contributed by atoms with Gasteiger partial charge in [-0.15, -0.1) is 10.2 Å². The molecule has 144 valence electrons. The number of ether oxygens (including phenoxy) is 1. The molecule has 0 unspecified atom stereocenters. The van der Waals surface area contributed by atoms with Gasteiger partial charge in [-0.3, -0.25) is 9.59 Å². The Labute approximate surface area is 166 Å². The normalized spacial score (nSPS) is 18.0. The Morgan fingerprint density at radius 2 is 2.15 bits per heavy atom. The highest BCUT2D eigenvalue weighted by molar-refractivity contribution is 7.15. The Morgan fingerprint density at radius 3 is 2.85 bits per heavy atom. The zero-order valence-corrected chi connectivity index (χ0v) is 16.7. The predicted octanol–water partition coefficient (Wildman–Crippen LogP) is 2.60. The summed E-state index contributed by atoms with van der Waals surface area (Å²) in [5.74, 6) is -0.620. The fourth-order valence-electron chi connectivity index (χ4n) is 3.02. The van der Waals surface area contributed by atoms with E-state index in [9.17, 15) is 9.59 Å². The van der Waals surface area contributed by atoms with Gasteiger partial charge in [0.15, 0.2) is 0 Å². The fourth-order valence-corrected chi connectivity index (χ4v) is 3.93. The first-order valence-corrected chi connectivity index (χ1v) is 9.81. The van der Waals surface area contributed by atoms with Crippen LogP contribution in [0.15, 0.2) is 24.3 Å². The van der Waals surface area contributed by atoms with Crippen LogP contribution in [0.5, 0.6) is 0 Å². The van der Waals surface area contributed by atoms with Crippen molar-refractivity contribution in [1.29, 1.82) is 0 Å². The molecule has 2 aromatic rings. The van der Waals surface area contributed by atoms with E-state index in [1.54, 1.807) is 12.0 Å². The van der Waals surface area contributed by atoms with Gasteiger partial charge in [-0.1, -0.05) is 35.1 Å². The molecule has 0 saturated carbocycles. The van der Waals surface area contributed by atoms with E-state index >= 15 is 0 Å². The molecule has 1 N–H and O–H groups in total. The Balaban J connectivity index is 1.56. The molecule has 1 aliphatic rings. The third kappa shape index (κ3) is 5.03. The molecule has 0 spiro atoms. The number of benzene rings is 1. The van der Waals surface area contributed by atoms with E-state index in [0.717, 1.165) is 10.6 Å². The number of carbonyl (C=O) groups is 2. The highest BCUT2D eigenvalue weighted by Crippen LogP contribution is 2.24. The summed E-state index contributed by atoms with van der Waals surface area (Å²) in [6.07, 6.45) is 0.825. The van der Waals surface area contributed by atoms with Gasteiger partial charge in [0.05, 0.1) is 18.6 Å². The van der Waals surface area contributed by atoms with Crippen molar-refractivity contribution in [2.24, 2.45) is 5.92 Å². The molecule has 27 heavy (non-hydrogen) atoms. The average Bonchev–Trinajstić information content (AvgIpc) is 3.23. The fraction of sp³-hybridized carbons (Fsp3) is 0.444. The van der Waals surface area contributed by atoms with Crippen LogP contribution in [0, 0.1) is 5.92 Å². The molecule has 2 atom stereocenters. The van der Waals surface area contributed by atoms with Gasteiger partial charge in [-0.05, 0) is 24.6 Å². The van der Waals surface area contributed by atoms with E-state index in [4.69, 9.17) is 16.3 Å². The molecule has 2 amide bonds. The minimum absolute atomic E-state index is 0.0274. The second-order valence-corrected chi connectivity index (χ2v) is 8.04. The maximum absolute atomic E-state index is 12.5. The molecule has 3 rings (SSSR count). The van der Waals surface area contributed by atoms with Gasteiger partial charge in [0.2, 0.25) is 16.9 Å². The van der Waals surface area contributed by atoms with Gasteiger partial charge in [0.1, 0.15) is 5.01 Å². The van der Waals surface area contributed by atoms with Gasteiger partial charge in [0, 0.05) is 31.5 Å². The van der Waals surface area contributed by atoms with Crippen molar-refractivity contribution in [2.45, 2.75) is 25.8 Å². The third-order valence-corrected chi connectivity index (χ3v) is 5.53. The van der Waals surface area contributed by atoms with Crippen molar-refractivity contribution in [2.75, 3.05) is 25.6 Å². The van der Waals surface area contributed by atoms with Crippen molar-refractivity contribution in [3.8, 4) is 0 Å². The number of nitrogens with zero attached hydrogens (tertiary/aromatic N) is 3. The van der Waals surface area contributed by atoms with Gasteiger partial charge >= 0.3 is 0 Å². The summed E-state index contributed by atoms with van der Waals surface area (Å²) in [5, 5.41) is 12.9. The molecule has 0 radical (unpaired) electrons. The van der Waals surface area contributed by atoms with E-state index in [-0.39, 0.29) is 30.2 Å². The molecule has 1 aromatic carbocycles. The quantitative estimate of drug-likeness (QED) is 0.761. The molecule has 9 heteroatoms. The Kier molecular flexibility index (Phi) is 6.41. The number of carbonyl (C=O) groups excluding carboxylic acids is 2. The van der Waals surface area contributed by atoms with Crippen molar-refractivity contribution >= 4 is 39.9 Å². The van der Waals surface area contributed by atoms with Crippen LogP contribution in [-0.2, 0) is 20.7 Å². The smallest absolute Gasteiger partial charge is 0.231 e. The van der Waals surface area contributed by atoms with Crippen LogP contribution in [0.3, 0.4) is 0 Å². The van der Waals surface area contributed by atoms with Gasteiger partial charge in [-0.2, -0.15) is 0 Å². The molecule has 0 aliphatic carbocycles. The number of likely N-dealkylation sites (tertiary alicyclic amines) is 1. The highest BCUT2D eigenvalue weighted by atomic mass is 35.5.